The van der Waals surface area contributed by atoms with Gasteiger partial charge in [0, 0.05) is 31.9 Å². The van der Waals surface area contributed by atoms with Gasteiger partial charge in [-0.2, -0.15) is 0 Å². The first-order valence-corrected chi connectivity index (χ1v) is 7.28. The average molecular weight is 248 g/mol. The molecule has 0 aromatic rings. The van der Waals surface area contributed by atoms with Crippen LogP contribution in [-0.2, 0) is 14.6 Å². The van der Waals surface area contributed by atoms with Crippen molar-refractivity contribution in [1.82, 2.24) is 10.2 Å². The fraction of sp³-hybridized carbons (Fsp3) is 0.900. The number of nitrogens with one attached hydrogen (secondary N) is 1. The lowest BCUT2D eigenvalue weighted by Gasteiger charge is -2.36. The van der Waals surface area contributed by atoms with E-state index in [1.165, 1.54) is 13.8 Å². The molecule has 1 fully saturated rings. The molecule has 1 aliphatic heterocycles. The minimum Gasteiger partial charge on any atom is -0.339 e. The van der Waals surface area contributed by atoms with E-state index in [1.54, 1.807) is 4.90 Å². The molecule has 1 amide bonds. The Bertz CT molecular complexity index is 376. The van der Waals surface area contributed by atoms with Gasteiger partial charge in [-0.3, -0.25) is 4.79 Å². The SMILES string of the molecule is C[C@H]1CN(C(=O)C(C)(C)S(C)(=O)=O)CCN1. The molecule has 0 aliphatic carbocycles. The molecule has 0 aromatic carbocycles. The Morgan fingerprint density at radius 3 is 2.44 bits per heavy atom. The van der Waals surface area contributed by atoms with Crippen LogP contribution in [0.1, 0.15) is 20.8 Å². The van der Waals surface area contributed by atoms with Gasteiger partial charge in [0.1, 0.15) is 4.75 Å². The highest BCUT2D eigenvalue weighted by Gasteiger charge is 2.41. The standard InChI is InChI=1S/C10H20N2O3S/c1-8-7-12(6-5-11-8)9(13)10(2,3)16(4,14)15/h8,11H,5-7H2,1-4H3/t8-/m0/s1. The van der Waals surface area contributed by atoms with Crippen molar-refractivity contribution in [1.29, 1.82) is 0 Å². The van der Waals surface area contributed by atoms with Crippen molar-refractivity contribution in [3.05, 3.63) is 0 Å². The van der Waals surface area contributed by atoms with Gasteiger partial charge in [-0.25, -0.2) is 8.42 Å². The van der Waals surface area contributed by atoms with Crippen LogP contribution < -0.4 is 5.32 Å². The summed E-state index contributed by atoms with van der Waals surface area (Å²) in [5.41, 5.74) is 0. The van der Waals surface area contributed by atoms with Crippen molar-refractivity contribution in [2.75, 3.05) is 25.9 Å². The van der Waals surface area contributed by atoms with E-state index >= 15 is 0 Å². The summed E-state index contributed by atoms with van der Waals surface area (Å²) in [7, 11) is -3.38. The summed E-state index contributed by atoms with van der Waals surface area (Å²) in [5.74, 6) is -0.302. The first-order chi connectivity index (χ1) is 7.16. The van der Waals surface area contributed by atoms with E-state index < -0.39 is 14.6 Å². The second kappa shape index (κ2) is 4.33. The van der Waals surface area contributed by atoms with Gasteiger partial charge in [0.2, 0.25) is 5.91 Å². The monoisotopic (exact) mass is 248 g/mol. The predicted molar refractivity (Wildman–Crippen MR) is 63.0 cm³/mol. The van der Waals surface area contributed by atoms with E-state index in [2.05, 4.69) is 5.32 Å². The molecule has 0 bridgehead atoms. The first kappa shape index (κ1) is 13.4. The van der Waals surface area contributed by atoms with Gasteiger partial charge in [-0.15, -0.1) is 0 Å². The zero-order chi connectivity index (χ0) is 12.6. The molecule has 1 saturated heterocycles. The van der Waals surface area contributed by atoms with E-state index in [9.17, 15) is 13.2 Å². The Hall–Kier alpha value is -0.620. The van der Waals surface area contributed by atoms with Gasteiger partial charge < -0.3 is 10.2 Å². The smallest absolute Gasteiger partial charge is 0.243 e. The van der Waals surface area contributed by atoms with Gasteiger partial charge in [0.05, 0.1) is 0 Å². The summed E-state index contributed by atoms with van der Waals surface area (Å²) in [6.07, 6.45) is 1.11. The summed E-state index contributed by atoms with van der Waals surface area (Å²) >= 11 is 0. The van der Waals surface area contributed by atoms with Crippen molar-refractivity contribution in [2.24, 2.45) is 0 Å². The highest BCUT2D eigenvalue weighted by atomic mass is 32.2. The molecular formula is C10H20N2O3S. The van der Waals surface area contributed by atoms with Gasteiger partial charge in [0.15, 0.2) is 9.84 Å². The van der Waals surface area contributed by atoms with E-state index in [0.717, 1.165) is 6.26 Å². The summed E-state index contributed by atoms with van der Waals surface area (Å²) in [4.78, 5) is 13.8. The Morgan fingerprint density at radius 2 is 2.00 bits per heavy atom. The summed E-state index contributed by atoms with van der Waals surface area (Å²) < 4.78 is 21.8. The van der Waals surface area contributed by atoms with Gasteiger partial charge >= 0.3 is 0 Å². The molecule has 0 aromatic heterocycles. The normalized spacial score (nSPS) is 23.2. The molecule has 0 spiro atoms. The number of carbonyl (C=O) groups excluding carboxylic acids is 1. The number of rotatable bonds is 2. The topological polar surface area (TPSA) is 66.5 Å². The number of nitrogens with zero attached hydrogens (tertiary/aromatic N) is 1. The van der Waals surface area contributed by atoms with Gasteiger partial charge in [-0.05, 0) is 20.8 Å². The molecule has 1 rings (SSSR count). The average Bonchev–Trinajstić information content (AvgIpc) is 2.14. The maximum Gasteiger partial charge on any atom is 0.243 e. The van der Waals surface area contributed by atoms with Crippen molar-refractivity contribution < 1.29 is 13.2 Å². The summed E-state index contributed by atoms with van der Waals surface area (Å²) in [6, 6.07) is 0.216. The van der Waals surface area contributed by atoms with Crippen molar-refractivity contribution in [2.45, 2.75) is 31.6 Å². The van der Waals surface area contributed by atoms with E-state index in [-0.39, 0.29) is 11.9 Å². The van der Waals surface area contributed by atoms with Crippen LogP contribution in [0.25, 0.3) is 0 Å². The van der Waals surface area contributed by atoms with Crippen LogP contribution >= 0.6 is 0 Å². The van der Waals surface area contributed by atoms with Gasteiger partial charge in [0.25, 0.3) is 0 Å². The highest BCUT2D eigenvalue weighted by Crippen LogP contribution is 2.19. The molecule has 1 aliphatic rings. The maximum absolute atomic E-state index is 12.1. The zero-order valence-electron chi connectivity index (χ0n) is 10.3. The molecule has 0 unspecified atom stereocenters. The molecule has 6 heteroatoms. The number of amides is 1. The lowest BCUT2D eigenvalue weighted by atomic mass is 10.1. The van der Waals surface area contributed by atoms with Crippen LogP contribution in [0.2, 0.25) is 0 Å². The van der Waals surface area contributed by atoms with Crippen LogP contribution in [0.3, 0.4) is 0 Å². The molecule has 0 saturated carbocycles. The Balaban J connectivity index is 2.85. The van der Waals surface area contributed by atoms with E-state index in [0.29, 0.717) is 19.6 Å². The van der Waals surface area contributed by atoms with Crippen LogP contribution in [-0.4, -0.2) is 55.9 Å². The number of sulfone groups is 1. The minimum absolute atomic E-state index is 0.216. The zero-order valence-corrected chi connectivity index (χ0v) is 11.1. The molecule has 1 heterocycles. The van der Waals surface area contributed by atoms with E-state index in [1.807, 2.05) is 6.92 Å². The number of hydrogen-bond donors (Lipinski definition) is 1. The lowest BCUT2D eigenvalue weighted by molar-refractivity contribution is -0.134. The van der Waals surface area contributed by atoms with Crippen LogP contribution in [0, 0.1) is 0 Å². The van der Waals surface area contributed by atoms with Crippen LogP contribution in [0.15, 0.2) is 0 Å². The fourth-order valence-electron chi connectivity index (χ4n) is 1.66. The van der Waals surface area contributed by atoms with Crippen LogP contribution in [0.4, 0.5) is 0 Å². The Morgan fingerprint density at radius 1 is 1.44 bits per heavy atom. The number of piperazine rings is 1. The lowest BCUT2D eigenvalue weighted by Crippen LogP contribution is -2.57. The Labute approximate surface area is 97.1 Å². The second-order valence-corrected chi connectivity index (χ2v) is 7.45. The number of carbonyl (C=O) groups is 1. The molecule has 5 nitrogen and oxygen atoms in total. The molecule has 16 heavy (non-hydrogen) atoms. The molecule has 1 N–H and O–H groups in total. The van der Waals surface area contributed by atoms with Crippen LogP contribution in [0.5, 0.6) is 0 Å². The minimum atomic E-state index is -3.38. The summed E-state index contributed by atoms with van der Waals surface area (Å²) in [6.45, 7) is 6.77. The van der Waals surface area contributed by atoms with E-state index in [4.69, 9.17) is 0 Å². The van der Waals surface area contributed by atoms with Crippen molar-refractivity contribution in [3.63, 3.8) is 0 Å². The van der Waals surface area contributed by atoms with Crippen molar-refractivity contribution in [3.8, 4) is 0 Å². The third kappa shape index (κ3) is 2.55. The first-order valence-electron chi connectivity index (χ1n) is 5.38. The largest absolute Gasteiger partial charge is 0.339 e. The molecule has 1 atom stereocenters. The predicted octanol–water partition coefficient (Wildman–Crippen LogP) is -0.370. The molecule has 94 valence electrons. The molecular weight excluding hydrogens is 228 g/mol. The highest BCUT2D eigenvalue weighted by molar-refractivity contribution is 7.92. The van der Waals surface area contributed by atoms with Gasteiger partial charge in [-0.1, -0.05) is 0 Å². The number of hydrogen-bond acceptors (Lipinski definition) is 4. The third-order valence-corrected chi connectivity index (χ3v) is 5.13. The molecule has 0 radical (unpaired) electrons. The Kier molecular flexibility index (Phi) is 3.64. The third-order valence-electron chi connectivity index (χ3n) is 3.10. The maximum atomic E-state index is 12.1. The van der Waals surface area contributed by atoms with Crippen molar-refractivity contribution >= 4 is 15.7 Å². The fourth-order valence-corrected chi connectivity index (χ4v) is 2.10. The quantitative estimate of drug-likeness (QED) is 0.724. The second-order valence-electron chi connectivity index (χ2n) is 4.89. The summed E-state index contributed by atoms with van der Waals surface area (Å²) in [5, 5.41) is 3.21.